The lowest BCUT2D eigenvalue weighted by Gasteiger charge is -2.27. The van der Waals surface area contributed by atoms with E-state index in [4.69, 9.17) is 14.2 Å². The second kappa shape index (κ2) is 11.2. The molecule has 2 N–H and O–H groups in total. The molecule has 0 saturated heterocycles. The van der Waals surface area contributed by atoms with Crippen molar-refractivity contribution in [2.45, 2.75) is 52.4 Å². The Hall–Kier alpha value is -3.29. The monoisotopic (exact) mass is 430 g/mol. The van der Waals surface area contributed by atoms with Crippen LogP contribution in [0.5, 0.6) is 17.2 Å². The molecule has 0 bridgehead atoms. The van der Waals surface area contributed by atoms with Crippen molar-refractivity contribution in [3.63, 3.8) is 0 Å². The van der Waals surface area contributed by atoms with Gasteiger partial charge in [-0.15, -0.1) is 0 Å². The van der Waals surface area contributed by atoms with Gasteiger partial charge in [0.1, 0.15) is 24.0 Å². The van der Waals surface area contributed by atoms with Crippen molar-refractivity contribution in [1.29, 1.82) is 0 Å². The molecule has 1 amide bonds. The highest BCUT2D eigenvalue weighted by Gasteiger charge is 2.28. The third-order valence-corrected chi connectivity index (χ3v) is 4.58. The van der Waals surface area contributed by atoms with Crippen LogP contribution in [-0.4, -0.2) is 47.3 Å². The summed E-state index contributed by atoms with van der Waals surface area (Å²) in [5.41, 5.74) is -0.237. The normalized spacial score (nSPS) is 13.7. The van der Waals surface area contributed by atoms with E-state index in [1.807, 2.05) is 51.1 Å². The molecule has 8 heteroatoms. The second-order valence-corrected chi connectivity index (χ2v) is 7.65. The Morgan fingerprint density at radius 1 is 1.10 bits per heavy atom. The summed E-state index contributed by atoms with van der Waals surface area (Å²) in [7, 11) is 1.37. The number of hydrogen-bond donors (Lipinski definition) is 2. The number of nitrogens with zero attached hydrogens (tertiary/aromatic N) is 1. The van der Waals surface area contributed by atoms with Crippen LogP contribution < -0.4 is 14.8 Å². The Bertz CT molecular complexity index is 872. The van der Waals surface area contributed by atoms with Gasteiger partial charge in [0.2, 0.25) is 0 Å². The van der Waals surface area contributed by atoms with E-state index in [2.05, 4.69) is 10.3 Å². The van der Waals surface area contributed by atoms with Crippen LogP contribution in [0.15, 0.2) is 42.6 Å². The van der Waals surface area contributed by atoms with E-state index >= 15 is 0 Å². The number of rotatable bonds is 10. The standard InChI is InChI=1S/C23H30N2O6/c1-14(2)13-19(16(4)30-17-9-7-6-8-10-17)31-23(28)15(3)25-22(27)20-21(26)18(29-5)11-12-24-20/h6-12,14-16,19,26H,13H2,1-5H3,(H,25,27)/t15-,16-,19+/m0/s1. The number of carbonyl (C=O) groups excluding carboxylic acids is 2. The van der Waals surface area contributed by atoms with Crippen LogP contribution in [0.3, 0.4) is 0 Å². The van der Waals surface area contributed by atoms with Crippen LogP contribution in [0.4, 0.5) is 0 Å². The smallest absolute Gasteiger partial charge is 0.328 e. The van der Waals surface area contributed by atoms with Gasteiger partial charge in [-0.1, -0.05) is 32.0 Å². The molecule has 0 unspecified atom stereocenters. The summed E-state index contributed by atoms with van der Waals surface area (Å²) in [6.45, 7) is 7.40. The first-order valence-corrected chi connectivity index (χ1v) is 10.2. The van der Waals surface area contributed by atoms with Crippen LogP contribution in [0.1, 0.15) is 44.6 Å². The minimum atomic E-state index is -0.960. The molecule has 0 fully saturated rings. The van der Waals surface area contributed by atoms with Crippen LogP contribution in [0, 0.1) is 5.92 Å². The molecule has 1 aromatic heterocycles. The maximum Gasteiger partial charge on any atom is 0.328 e. The third-order valence-electron chi connectivity index (χ3n) is 4.58. The average Bonchev–Trinajstić information content (AvgIpc) is 2.73. The molecule has 2 rings (SSSR count). The van der Waals surface area contributed by atoms with Crippen molar-refractivity contribution in [3.8, 4) is 17.2 Å². The first-order chi connectivity index (χ1) is 14.7. The van der Waals surface area contributed by atoms with E-state index in [-0.39, 0.29) is 23.5 Å². The Kier molecular flexibility index (Phi) is 8.66. The molecule has 0 aliphatic carbocycles. The summed E-state index contributed by atoms with van der Waals surface area (Å²) in [5.74, 6) is -0.659. The van der Waals surface area contributed by atoms with Crippen LogP contribution in [-0.2, 0) is 9.53 Å². The highest BCUT2D eigenvalue weighted by atomic mass is 16.6. The van der Waals surface area contributed by atoms with Gasteiger partial charge in [-0.2, -0.15) is 0 Å². The molecule has 0 spiro atoms. The maximum atomic E-state index is 12.7. The van der Waals surface area contributed by atoms with Gasteiger partial charge in [-0.3, -0.25) is 4.79 Å². The number of nitrogens with one attached hydrogen (secondary N) is 1. The largest absolute Gasteiger partial charge is 0.503 e. The molecule has 0 aliphatic heterocycles. The van der Waals surface area contributed by atoms with E-state index in [0.29, 0.717) is 12.2 Å². The number of aromatic hydroxyl groups is 1. The second-order valence-electron chi connectivity index (χ2n) is 7.65. The molecule has 3 atom stereocenters. The van der Waals surface area contributed by atoms with Gasteiger partial charge >= 0.3 is 5.97 Å². The summed E-state index contributed by atoms with van der Waals surface area (Å²) < 4.78 is 16.6. The first-order valence-electron chi connectivity index (χ1n) is 10.2. The molecular formula is C23H30N2O6. The summed E-state index contributed by atoms with van der Waals surface area (Å²) in [6, 6.07) is 9.76. The zero-order valence-electron chi connectivity index (χ0n) is 18.5. The van der Waals surface area contributed by atoms with Gasteiger partial charge in [-0.05, 0) is 38.3 Å². The number of aromatic nitrogens is 1. The number of pyridine rings is 1. The summed E-state index contributed by atoms with van der Waals surface area (Å²) in [4.78, 5) is 29.0. The third kappa shape index (κ3) is 6.87. The van der Waals surface area contributed by atoms with Crippen LogP contribution in [0.2, 0.25) is 0 Å². The minimum absolute atomic E-state index is 0.110. The Morgan fingerprint density at radius 3 is 2.39 bits per heavy atom. The molecule has 1 heterocycles. The zero-order valence-corrected chi connectivity index (χ0v) is 18.5. The number of methoxy groups -OCH3 is 1. The van der Waals surface area contributed by atoms with E-state index in [1.165, 1.54) is 26.3 Å². The van der Waals surface area contributed by atoms with Crippen molar-refractivity contribution in [3.05, 3.63) is 48.3 Å². The van der Waals surface area contributed by atoms with Gasteiger partial charge in [0, 0.05) is 12.3 Å². The molecule has 168 valence electrons. The number of esters is 1. The highest BCUT2D eigenvalue weighted by Crippen LogP contribution is 2.27. The van der Waals surface area contributed by atoms with Crippen molar-refractivity contribution >= 4 is 11.9 Å². The first kappa shape index (κ1) is 24.0. The fourth-order valence-corrected chi connectivity index (χ4v) is 2.93. The molecule has 8 nitrogen and oxygen atoms in total. The molecule has 0 saturated carbocycles. The number of hydrogen-bond acceptors (Lipinski definition) is 7. The number of ether oxygens (including phenoxy) is 3. The lowest BCUT2D eigenvalue weighted by atomic mass is 10.0. The molecule has 2 aromatic rings. The maximum absolute atomic E-state index is 12.7. The SMILES string of the molecule is COc1ccnc(C(=O)N[C@@H](C)C(=O)O[C@H](CC(C)C)[C@H](C)Oc2ccccc2)c1O. The topological polar surface area (TPSA) is 107 Å². The Balaban J connectivity index is 2.04. The number of benzene rings is 1. The predicted octanol–water partition coefficient (Wildman–Crippen LogP) is 3.34. The molecular weight excluding hydrogens is 400 g/mol. The van der Waals surface area contributed by atoms with Crippen molar-refractivity contribution in [1.82, 2.24) is 10.3 Å². The average molecular weight is 431 g/mol. The van der Waals surface area contributed by atoms with Gasteiger partial charge < -0.3 is 24.6 Å². The fourth-order valence-electron chi connectivity index (χ4n) is 2.93. The van der Waals surface area contributed by atoms with E-state index in [9.17, 15) is 14.7 Å². The molecule has 0 radical (unpaired) electrons. The van der Waals surface area contributed by atoms with Gasteiger partial charge in [0.25, 0.3) is 5.91 Å². The number of carbonyl (C=O) groups is 2. The van der Waals surface area contributed by atoms with Gasteiger partial charge in [0.05, 0.1) is 7.11 Å². The van der Waals surface area contributed by atoms with E-state index < -0.39 is 29.8 Å². The summed E-state index contributed by atoms with van der Waals surface area (Å²) >= 11 is 0. The van der Waals surface area contributed by atoms with Crippen molar-refractivity contribution in [2.24, 2.45) is 5.92 Å². The molecule has 1 aromatic carbocycles. The van der Waals surface area contributed by atoms with Crippen LogP contribution in [0.25, 0.3) is 0 Å². The lowest BCUT2D eigenvalue weighted by Crippen LogP contribution is -2.44. The Labute approximate surface area is 182 Å². The van der Waals surface area contributed by atoms with Crippen LogP contribution >= 0.6 is 0 Å². The molecule has 31 heavy (non-hydrogen) atoms. The zero-order chi connectivity index (χ0) is 23.0. The minimum Gasteiger partial charge on any atom is -0.503 e. The van der Waals surface area contributed by atoms with Crippen molar-refractivity contribution in [2.75, 3.05) is 7.11 Å². The Morgan fingerprint density at radius 2 is 1.77 bits per heavy atom. The summed E-state index contributed by atoms with van der Waals surface area (Å²) in [6.07, 6.45) is 1.03. The van der Waals surface area contributed by atoms with Crippen molar-refractivity contribution < 1.29 is 28.9 Å². The lowest BCUT2D eigenvalue weighted by molar-refractivity contribution is -0.156. The summed E-state index contributed by atoms with van der Waals surface area (Å²) in [5, 5.41) is 12.6. The highest BCUT2D eigenvalue weighted by molar-refractivity contribution is 5.97. The molecule has 0 aliphatic rings. The quantitative estimate of drug-likeness (QED) is 0.557. The van der Waals surface area contributed by atoms with Gasteiger partial charge in [0.15, 0.2) is 17.2 Å². The fraction of sp³-hybridized carbons (Fsp3) is 0.435. The van der Waals surface area contributed by atoms with E-state index in [0.717, 1.165) is 0 Å². The van der Waals surface area contributed by atoms with E-state index in [1.54, 1.807) is 0 Å². The van der Waals surface area contributed by atoms with Gasteiger partial charge in [-0.25, -0.2) is 9.78 Å². The number of amides is 1. The number of para-hydroxylation sites is 1. The predicted molar refractivity (Wildman–Crippen MR) is 115 cm³/mol.